The first-order chi connectivity index (χ1) is 17.0. The third kappa shape index (κ3) is 4.69. The number of carbonyl (C=O) groups is 1. The highest BCUT2D eigenvalue weighted by Crippen LogP contribution is 2.45. The maximum Gasteiger partial charge on any atom is 0.338 e. The molecule has 3 aromatic rings. The Hall–Kier alpha value is -2.84. The van der Waals surface area contributed by atoms with Gasteiger partial charge in [-0.3, -0.25) is 4.90 Å². The number of carboxylic acid groups (broad SMARTS) is 1. The van der Waals surface area contributed by atoms with Crippen molar-refractivity contribution in [3.8, 4) is 17.2 Å². The summed E-state index contributed by atoms with van der Waals surface area (Å²) in [6.45, 7) is 2.52. The number of ether oxygens (including phenoxy) is 2. The molecule has 35 heavy (non-hydrogen) atoms. The van der Waals surface area contributed by atoms with Crippen molar-refractivity contribution in [2.24, 2.45) is 0 Å². The Morgan fingerprint density at radius 2 is 1.80 bits per heavy atom. The SMILES string of the molecule is COc1ccc(SCc2c(C(=O)O)c3c(CN4CCCCC4)c(O)ccc3n2C2CC2)cc1OC. The summed E-state index contributed by atoms with van der Waals surface area (Å²) in [4.78, 5) is 16.0. The van der Waals surface area contributed by atoms with Gasteiger partial charge in [-0.2, -0.15) is 0 Å². The number of aromatic nitrogens is 1. The van der Waals surface area contributed by atoms with Gasteiger partial charge in [0.15, 0.2) is 11.5 Å². The molecule has 1 aromatic heterocycles. The van der Waals surface area contributed by atoms with Crippen LogP contribution in [0.15, 0.2) is 35.2 Å². The molecule has 7 nitrogen and oxygen atoms in total. The Labute approximate surface area is 209 Å². The van der Waals surface area contributed by atoms with Crippen molar-refractivity contribution < 1.29 is 24.5 Å². The van der Waals surface area contributed by atoms with E-state index in [1.807, 2.05) is 24.3 Å². The van der Waals surface area contributed by atoms with Crippen LogP contribution in [0.5, 0.6) is 17.2 Å². The van der Waals surface area contributed by atoms with Gasteiger partial charge in [0.1, 0.15) is 5.75 Å². The van der Waals surface area contributed by atoms with Gasteiger partial charge in [0.2, 0.25) is 0 Å². The average Bonchev–Trinajstić information content (AvgIpc) is 3.65. The number of aromatic hydroxyl groups is 1. The van der Waals surface area contributed by atoms with Crippen LogP contribution in [0.1, 0.15) is 59.8 Å². The average molecular weight is 497 g/mol. The van der Waals surface area contributed by atoms with Crippen molar-refractivity contribution in [3.63, 3.8) is 0 Å². The molecule has 0 unspecified atom stereocenters. The standard InChI is InChI=1S/C27H32N2O5S/c1-33-23-11-8-18(14-24(23)34-2)35-16-21-26(27(31)32)25-19(15-28-12-4-3-5-13-28)22(30)10-9-20(25)29(21)17-6-7-17/h8-11,14,17,30H,3-7,12-13,15-16H2,1-2H3,(H,31,32). The number of nitrogens with zero attached hydrogens (tertiary/aromatic N) is 2. The highest BCUT2D eigenvalue weighted by atomic mass is 32.2. The number of methoxy groups -OCH3 is 2. The van der Waals surface area contributed by atoms with Crippen LogP contribution >= 0.6 is 11.8 Å². The van der Waals surface area contributed by atoms with E-state index >= 15 is 0 Å². The number of aromatic carboxylic acids is 1. The first-order valence-corrected chi connectivity index (χ1v) is 13.2. The number of phenols is 1. The number of rotatable bonds is 9. The van der Waals surface area contributed by atoms with Gasteiger partial charge < -0.3 is 24.3 Å². The van der Waals surface area contributed by atoms with Crippen molar-refractivity contribution >= 4 is 28.6 Å². The van der Waals surface area contributed by atoms with Crippen molar-refractivity contribution in [2.75, 3.05) is 27.3 Å². The fourth-order valence-corrected chi connectivity index (χ4v) is 6.14. The topological polar surface area (TPSA) is 84.2 Å². The molecular formula is C27H32N2O5S. The molecule has 0 amide bonds. The van der Waals surface area contributed by atoms with E-state index in [1.54, 1.807) is 32.0 Å². The summed E-state index contributed by atoms with van der Waals surface area (Å²) in [7, 11) is 3.21. The number of hydrogen-bond acceptors (Lipinski definition) is 6. The summed E-state index contributed by atoms with van der Waals surface area (Å²) < 4.78 is 13.0. The molecule has 0 atom stereocenters. The first-order valence-electron chi connectivity index (χ1n) is 12.2. The summed E-state index contributed by atoms with van der Waals surface area (Å²) in [5.74, 6) is 1.05. The zero-order valence-electron chi connectivity index (χ0n) is 20.2. The maximum absolute atomic E-state index is 12.7. The minimum Gasteiger partial charge on any atom is -0.508 e. The highest BCUT2D eigenvalue weighted by Gasteiger charge is 2.33. The maximum atomic E-state index is 12.7. The van der Waals surface area contributed by atoms with Crippen LogP contribution in [0.25, 0.3) is 10.9 Å². The number of likely N-dealkylation sites (tertiary alicyclic amines) is 1. The largest absolute Gasteiger partial charge is 0.508 e. The predicted molar refractivity (Wildman–Crippen MR) is 137 cm³/mol. The van der Waals surface area contributed by atoms with Crippen LogP contribution in [0, 0.1) is 0 Å². The molecule has 1 aliphatic heterocycles. The molecule has 5 rings (SSSR count). The first kappa shape index (κ1) is 23.9. The van der Waals surface area contributed by atoms with Crippen LogP contribution < -0.4 is 9.47 Å². The van der Waals surface area contributed by atoms with Crippen LogP contribution in [0.3, 0.4) is 0 Å². The van der Waals surface area contributed by atoms with Gasteiger partial charge in [0.05, 0.1) is 19.8 Å². The Kier molecular flexibility index (Phi) is 6.84. The van der Waals surface area contributed by atoms with E-state index in [9.17, 15) is 15.0 Å². The normalized spacial score (nSPS) is 16.5. The Morgan fingerprint density at radius 1 is 1.06 bits per heavy atom. The van der Waals surface area contributed by atoms with Crippen molar-refractivity contribution in [1.29, 1.82) is 0 Å². The smallest absolute Gasteiger partial charge is 0.338 e. The number of benzene rings is 2. The lowest BCUT2D eigenvalue weighted by Crippen LogP contribution is -2.29. The molecule has 2 aliphatic rings. The van der Waals surface area contributed by atoms with Gasteiger partial charge in [0.25, 0.3) is 0 Å². The summed E-state index contributed by atoms with van der Waals surface area (Å²) in [5, 5.41) is 21.9. The molecule has 2 aromatic carbocycles. The van der Waals surface area contributed by atoms with E-state index in [0.717, 1.165) is 60.4 Å². The lowest BCUT2D eigenvalue weighted by atomic mass is 10.0. The fourth-order valence-electron chi connectivity index (χ4n) is 5.20. The molecule has 1 saturated carbocycles. The van der Waals surface area contributed by atoms with Crippen molar-refractivity contribution in [2.45, 2.75) is 55.3 Å². The summed E-state index contributed by atoms with van der Waals surface area (Å²) in [5.41, 5.74) is 2.78. The van der Waals surface area contributed by atoms with E-state index in [-0.39, 0.29) is 5.75 Å². The van der Waals surface area contributed by atoms with Crippen molar-refractivity contribution in [3.05, 3.63) is 47.2 Å². The van der Waals surface area contributed by atoms with E-state index in [4.69, 9.17) is 9.47 Å². The quantitative estimate of drug-likeness (QED) is 0.369. The molecule has 2 fully saturated rings. The minimum absolute atomic E-state index is 0.178. The molecule has 0 radical (unpaired) electrons. The number of carboxylic acids is 1. The van der Waals surface area contributed by atoms with E-state index in [0.29, 0.717) is 40.8 Å². The molecule has 0 spiro atoms. The van der Waals surface area contributed by atoms with Gasteiger partial charge in [0, 0.05) is 45.4 Å². The fraction of sp³-hybridized carbons (Fsp3) is 0.444. The Morgan fingerprint density at radius 3 is 2.46 bits per heavy atom. The number of thioether (sulfide) groups is 1. The molecule has 0 bridgehead atoms. The van der Waals surface area contributed by atoms with Gasteiger partial charge >= 0.3 is 5.97 Å². The van der Waals surface area contributed by atoms with Gasteiger partial charge in [-0.1, -0.05) is 6.42 Å². The van der Waals surface area contributed by atoms with E-state index in [1.165, 1.54) is 6.42 Å². The molecule has 186 valence electrons. The third-order valence-corrected chi connectivity index (χ3v) is 8.05. The predicted octanol–water partition coefficient (Wildman–Crippen LogP) is 5.68. The third-order valence-electron chi connectivity index (χ3n) is 7.04. The zero-order valence-corrected chi connectivity index (χ0v) is 21.1. The van der Waals surface area contributed by atoms with Gasteiger partial charge in [-0.15, -0.1) is 11.8 Å². The molecular weight excluding hydrogens is 464 g/mol. The molecule has 2 N–H and O–H groups in total. The second-order valence-corrected chi connectivity index (χ2v) is 10.4. The van der Waals surface area contributed by atoms with Crippen LogP contribution in [-0.2, 0) is 12.3 Å². The molecule has 2 heterocycles. The molecule has 1 saturated heterocycles. The van der Waals surface area contributed by atoms with Crippen LogP contribution in [0.2, 0.25) is 0 Å². The Balaban J connectivity index is 1.57. The second kappa shape index (κ2) is 10.0. The number of piperidine rings is 1. The molecule has 1 aliphatic carbocycles. The molecule has 8 heteroatoms. The van der Waals surface area contributed by atoms with E-state index in [2.05, 4.69) is 9.47 Å². The summed E-state index contributed by atoms with van der Waals surface area (Å²) in [6, 6.07) is 9.67. The number of fused-ring (bicyclic) bond motifs is 1. The lowest BCUT2D eigenvalue weighted by Gasteiger charge is -2.27. The summed E-state index contributed by atoms with van der Waals surface area (Å²) in [6.07, 6.45) is 5.58. The van der Waals surface area contributed by atoms with Crippen LogP contribution in [0.4, 0.5) is 0 Å². The van der Waals surface area contributed by atoms with Crippen LogP contribution in [-0.4, -0.2) is 53.0 Å². The minimum atomic E-state index is -0.942. The summed E-state index contributed by atoms with van der Waals surface area (Å²) >= 11 is 1.58. The number of phenolic OH excluding ortho intramolecular Hbond substituents is 1. The Bertz CT molecular complexity index is 1240. The highest BCUT2D eigenvalue weighted by molar-refractivity contribution is 7.98. The monoisotopic (exact) mass is 496 g/mol. The van der Waals surface area contributed by atoms with Crippen molar-refractivity contribution in [1.82, 2.24) is 9.47 Å². The number of hydrogen-bond donors (Lipinski definition) is 2. The lowest BCUT2D eigenvalue weighted by molar-refractivity contribution is 0.0697. The second-order valence-electron chi connectivity index (χ2n) is 9.33. The van der Waals surface area contributed by atoms with E-state index < -0.39 is 5.97 Å². The van der Waals surface area contributed by atoms with Gasteiger partial charge in [-0.25, -0.2) is 4.79 Å². The zero-order chi connectivity index (χ0) is 24.5. The van der Waals surface area contributed by atoms with Gasteiger partial charge in [-0.05, 0) is 69.1 Å².